The van der Waals surface area contributed by atoms with Gasteiger partial charge in [-0.15, -0.1) is 6.58 Å². The number of nitrogens with zero attached hydrogens (tertiary/aromatic N) is 2. The van der Waals surface area contributed by atoms with E-state index in [-0.39, 0.29) is 12.2 Å². The average molecular weight is 296 g/mol. The Morgan fingerprint density at radius 2 is 2.23 bits per heavy atom. The summed E-state index contributed by atoms with van der Waals surface area (Å²) < 4.78 is 5.53. The summed E-state index contributed by atoms with van der Waals surface area (Å²) >= 11 is 0. The molecule has 0 spiro atoms. The largest absolute Gasteiger partial charge is 0.469 e. The molecule has 1 aromatic heterocycles. The van der Waals surface area contributed by atoms with Crippen LogP contribution in [0, 0.1) is 33.5 Å². The minimum absolute atomic E-state index is 0.110. The summed E-state index contributed by atoms with van der Waals surface area (Å²) in [5, 5.41) is 19.5. The van der Waals surface area contributed by atoms with Gasteiger partial charge in [0.1, 0.15) is 11.5 Å². The number of Topliss-reactive ketones (excluding diaryl/α,β-unsaturated/α-hetero) is 1. The van der Waals surface area contributed by atoms with Crippen LogP contribution in [0.4, 0.5) is 0 Å². The summed E-state index contributed by atoms with van der Waals surface area (Å²) in [5.41, 5.74) is -2.11. The molecule has 1 saturated carbocycles. The summed E-state index contributed by atoms with van der Waals surface area (Å²) in [5.74, 6) is 0.0533. The molecule has 1 aliphatic rings. The fourth-order valence-corrected chi connectivity index (χ4v) is 3.66. The Balaban J connectivity index is 2.62. The van der Waals surface area contributed by atoms with Gasteiger partial charge in [-0.1, -0.05) is 19.4 Å². The van der Waals surface area contributed by atoms with Crippen LogP contribution in [0.1, 0.15) is 50.7 Å². The van der Waals surface area contributed by atoms with E-state index in [9.17, 15) is 15.3 Å². The number of rotatable bonds is 5. The van der Waals surface area contributed by atoms with Crippen molar-refractivity contribution in [3.8, 4) is 12.1 Å². The summed E-state index contributed by atoms with van der Waals surface area (Å²) in [6, 6.07) is 7.79. The van der Waals surface area contributed by atoms with Gasteiger partial charge < -0.3 is 4.42 Å². The van der Waals surface area contributed by atoms with Crippen LogP contribution in [0.5, 0.6) is 0 Å². The van der Waals surface area contributed by atoms with Crippen LogP contribution in [0.3, 0.4) is 0 Å². The predicted octanol–water partition coefficient (Wildman–Crippen LogP) is 4.12. The highest BCUT2D eigenvalue weighted by Crippen LogP contribution is 2.54. The van der Waals surface area contributed by atoms with Gasteiger partial charge in [-0.2, -0.15) is 10.5 Å². The normalized spacial score (nSPS) is 23.3. The van der Waals surface area contributed by atoms with Crippen molar-refractivity contribution in [2.45, 2.75) is 44.9 Å². The number of hydrogen-bond acceptors (Lipinski definition) is 4. The summed E-state index contributed by atoms with van der Waals surface area (Å²) in [4.78, 5) is 12.6. The molecule has 0 aliphatic heterocycles. The molecule has 4 heteroatoms. The highest BCUT2D eigenvalue weighted by atomic mass is 16.3. The van der Waals surface area contributed by atoms with Crippen molar-refractivity contribution < 1.29 is 9.21 Å². The second-order valence-electron chi connectivity index (χ2n) is 6.18. The zero-order chi connectivity index (χ0) is 16.2. The fourth-order valence-electron chi connectivity index (χ4n) is 3.66. The SMILES string of the molecule is C=CCC(C#N)(C#N)[C@@H](c1ccco1)[C@@]1(C)CCCCC1=O. The molecule has 0 bridgehead atoms. The van der Waals surface area contributed by atoms with E-state index in [0.29, 0.717) is 18.6 Å². The molecular formula is C18H20N2O2. The molecule has 2 atom stereocenters. The van der Waals surface area contributed by atoms with Crippen LogP contribution in [0.25, 0.3) is 0 Å². The Morgan fingerprint density at radius 3 is 2.73 bits per heavy atom. The van der Waals surface area contributed by atoms with Crippen LogP contribution >= 0.6 is 0 Å². The van der Waals surface area contributed by atoms with E-state index in [4.69, 9.17) is 4.42 Å². The third-order valence-electron chi connectivity index (χ3n) is 4.81. The van der Waals surface area contributed by atoms with E-state index in [1.54, 1.807) is 18.2 Å². The molecule has 0 amide bonds. The lowest BCUT2D eigenvalue weighted by atomic mass is 9.56. The van der Waals surface area contributed by atoms with Gasteiger partial charge in [-0.05, 0) is 31.4 Å². The maximum absolute atomic E-state index is 12.6. The van der Waals surface area contributed by atoms with Gasteiger partial charge in [0.05, 0.1) is 24.3 Å². The smallest absolute Gasteiger partial charge is 0.157 e. The Kier molecular flexibility index (Phi) is 4.52. The van der Waals surface area contributed by atoms with Gasteiger partial charge in [-0.3, -0.25) is 4.79 Å². The second-order valence-corrected chi connectivity index (χ2v) is 6.18. The topological polar surface area (TPSA) is 77.8 Å². The molecule has 0 saturated heterocycles. The molecule has 0 N–H and O–H groups in total. The third-order valence-corrected chi connectivity index (χ3v) is 4.81. The highest BCUT2D eigenvalue weighted by Gasteiger charge is 2.55. The van der Waals surface area contributed by atoms with Gasteiger partial charge in [0.25, 0.3) is 0 Å². The van der Waals surface area contributed by atoms with E-state index >= 15 is 0 Å². The van der Waals surface area contributed by atoms with Crippen molar-refractivity contribution >= 4 is 5.78 Å². The number of furan rings is 1. The number of ketones is 1. The van der Waals surface area contributed by atoms with Crippen LogP contribution in [0.2, 0.25) is 0 Å². The Morgan fingerprint density at radius 1 is 1.50 bits per heavy atom. The van der Waals surface area contributed by atoms with E-state index in [1.165, 1.54) is 6.26 Å². The van der Waals surface area contributed by atoms with Crippen LogP contribution in [-0.2, 0) is 4.79 Å². The molecule has 1 fully saturated rings. The van der Waals surface area contributed by atoms with E-state index in [1.807, 2.05) is 6.92 Å². The summed E-state index contributed by atoms with van der Waals surface area (Å²) in [6.45, 7) is 5.54. The lowest BCUT2D eigenvalue weighted by molar-refractivity contribution is -0.133. The van der Waals surface area contributed by atoms with E-state index in [2.05, 4.69) is 18.7 Å². The molecule has 1 aliphatic carbocycles. The van der Waals surface area contributed by atoms with Crippen LogP contribution in [0.15, 0.2) is 35.5 Å². The first kappa shape index (κ1) is 16.0. The number of allylic oxidation sites excluding steroid dienone is 1. The minimum Gasteiger partial charge on any atom is -0.469 e. The van der Waals surface area contributed by atoms with Crippen LogP contribution < -0.4 is 0 Å². The molecule has 1 heterocycles. The van der Waals surface area contributed by atoms with Crippen molar-refractivity contribution in [1.82, 2.24) is 0 Å². The van der Waals surface area contributed by atoms with Crippen LogP contribution in [-0.4, -0.2) is 5.78 Å². The van der Waals surface area contributed by atoms with Gasteiger partial charge in [0.15, 0.2) is 5.41 Å². The van der Waals surface area contributed by atoms with Crippen molar-refractivity contribution in [3.05, 3.63) is 36.8 Å². The van der Waals surface area contributed by atoms with Gasteiger partial charge in [0.2, 0.25) is 0 Å². The van der Waals surface area contributed by atoms with Crippen molar-refractivity contribution in [3.63, 3.8) is 0 Å². The van der Waals surface area contributed by atoms with E-state index < -0.39 is 16.7 Å². The van der Waals surface area contributed by atoms with Crippen molar-refractivity contribution in [2.24, 2.45) is 10.8 Å². The zero-order valence-corrected chi connectivity index (χ0v) is 12.8. The highest BCUT2D eigenvalue weighted by molar-refractivity contribution is 5.86. The quantitative estimate of drug-likeness (QED) is 0.765. The maximum atomic E-state index is 12.6. The first-order valence-corrected chi connectivity index (χ1v) is 7.54. The zero-order valence-electron chi connectivity index (χ0n) is 12.8. The van der Waals surface area contributed by atoms with Gasteiger partial charge in [-0.25, -0.2) is 0 Å². The van der Waals surface area contributed by atoms with Crippen molar-refractivity contribution in [2.75, 3.05) is 0 Å². The number of carbonyl (C=O) groups excluding carboxylic acids is 1. The molecule has 0 aromatic carbocycles. The first-order chi connectivity index (χ1) is 10.5. The lowest BCUT2D eigenvalue weighted by Gasteiger charge is -2.43. The van der Waals surface area contributed by atoms with Crippen molar-refractivity contribution in [1.29, 1.82) is 10.5 Å². The molecule has 114 valence electrons. The summed E-state index contributed by atoms with van der Waals surface area (Å²) in [6.07, 6.45) is 6.24. The predicted molar refractivity (Wildman–Crippen MR) is 81.5 cm³/mol. The second kappa shape index (κ2) is 6.20. The summed E-state index contributed by atoms with van der Waals surface area (Å²) in [7, 11) is 0. The monoisotopic (exact) mass is 296 g/mol. The molecular weight excluding hydrogens is 276 g/mol. The average Bonchev–Trinajstić information content (AvgIpc) is 3.03. The maximum Gasteiger partial charge on any atom is 0.157 e. The van der Waals surface area contributed by atoms with Gasteiger partial charge in [0, 0.05) is 11.8 Å². The third kappa shape index (κ3) is 2.46. The minimum atomic E-state index is -1.35. The van der Waals surface area contributed by atoms with Gasteiger partial charge >= 0.3 is 0 Å². The number of nitriles is 2. The number of carbonyl (C=O) groups is 1. The molecule has 22 heavy (non-hydrogen) atoms. The molecule has 2 rings (SSSR count). The number of hydrogen-bond donors (Lipinski definition) is 0. The fraction of sp³-hybridized carbons (Fsp3) is 0.500. The molecule has 4 nitrogen and oxygen atoms in total. The van der Waals surface area contributed by atoms with E-state index in [0.717, 1.165) is 12.8 Å². The Labute approximate surface area is 131 Å². The standard InChI is InChI=1S/C18H20N2O2/c1-3-9-18(12-19,13-20)16(14-7-6-11-22-14)17(2)10-5-4-8-15(17)21/h3,6-7,11,16H,1,4-5,8-10H2,2H3/t16-,17-/m0/s1. The molecule has 1 aromatic rings. The lowest BCUT2D eigenvalue weighted by Crippen LogP contribution is -2.44. The molecule has 0 radical (unpaired) electrons. The Hall–Kier alpha value is -2.33. The molecule has 0 unspecified atom stereocenters. The Bertz CT molecular complexity index is 619. The first-order valence-electron chi connectivity index (χ1n) is 7.54.